The minimum atomic E-state index is -4.40. The number of rotatable bonds is 6. The fraction of sp³-hybridized carbons (Fsp3) is 0.333. The Morgan fingerprint density at radius 2 is 1.90 bits per heavy atom. The molecule has 1 amide bonds. The Kier molecular flexibility index (Phi) is 6.86. The second-order valence-electron chi connectivity index (χ2n) is 7.07. The lowest BCUT2D eigenvalue weighted by Gasteiger charge is -2.14. The first-order valence-electron chi connectivity index (χ1n) is 9.50. The Morgan fingerprint density at radius 1 is 1.16 bits per heavy atom. The third-order valence-corrected chi connectivity index (χ3v) is 5.32. The summed E-state index contributed by atoms with van der Waals surface area (Å²) >= 11 is 0. The van der Waals surface area contributed by atoms with Crippen molar-refractivity contribution in [3.63, 3.8) is 0 Å². The molecule has 3 rings (SSSR count). The normalized spacial score (nSPS) is 11.7. The maximum absolute atomic E-state index is 12.7. The smallest absolute Gasteiger partial charge is 0.370 e. The van der Waals surface area contributed by atoms with Gasteiger partial charge in [0.25, 0.3) is 5.91 Å². The van der Waals surface area contributed by atoms with Crippen LogP contribution in [0.15, 0.2) is 24.4 Å². The van der Waals surface area contributed by atoms with Gasteiger partial charge in [0.1, 0.15) is 18.1 Å². The van der Waals surface area contributed by atoms with Crippen molar-refractivity contribution in [2.75, 3.05) is 19.8 Å². The molecule has 1 atom stereocenters. The first kappa shape index (κ1) is 23.0. The van der Waals surface area contributed by atoms with Crippen molar-refractivity contribution in [3.05, 3.63) is 47.2 Å². The van der Waals surface area contributed by atoms with E-state index < -0.39 is 18.7 Å². The number of pyridine rings is 1. The van der Waals surface area contributed by atoms with Gasteiger partial charge in [-0.25, -0.2) is 15.0 Å². The van der Waals surface area contributed by atoms with Crippen LogP contribution in [-0.4, -0.2) is 46.8 Å². The highest BCUT2D eigenvalue weighted by molar-refractivity contribution is 7.27. The molecule has 0 aliphatic carbocycles. The summed E-state index contributed by atoms with van der Waals surface area (Å²) in [5.74, 6) is 0.137. The van der Waals surface area contributed by atoms with Crippen LogP contribution in [0.1, 0.15) is 27.6 Å². The molecule has 0 radical (unpaired) electrons. The first-order chi connectivity index (χ1) is 14.6. The average Bonchev–Trinajstić information content (AvgIpc) is 2.69. The lowest BCUT2D eigenvalue weighted by Crippen LogP contribution is -2.29. The van der Waals surface area contributed by atoms with Crippen LogP contribution < -0.4 is 10.6 Å². The quantitative estimate of drug-likeness (QED) is 0.460. The molecule has 31 heavy (non-hydrogen) atoms. The third-order valence-electron chi connectivity index (χ3n) is 4.70. The Labute approximate surface area is 179 Å². The second-order valence-corrected chi connectivity index (χ2v) is 7.69. The van der Waals surface area contributed by atoms with E-state index in [-0.39, 0.29) is 18.8 Å². The van der Waals surface area contributed by atoms with E-state index in [2.05, 4.69) is 34.2 Å². The lowest BCUT2D eigenvalue weighted by molar-refractivity contribution is -0.173. The van der Waals surface area contributed by atoms with Crippen molar-refractivity contribution in [2.24, 2.45) is 0 Å². The molecule has 0 bridgehead atoms. The molecule has 0 spiro atoms. The molecule has 0 aliphatic heterocycles. The van der Waals surface area contributed by atoms with Crippen LogP contribution in [0.3, 0.4) is 0 Å². The van der Waals surface area contributed by atoms with E-state index in [1.54, 1.807) is 19.2 Å². The molecule has 6 nitrogen and oxygen atoms in total. The summed E-state index contributed by atoms with van der Waals surface area (Å²) in [7, 11) is 2.64. The van der Waals surface area contributed by atoms with Gasteiger partial charge in [0.15, 0.2) is 0 Å². The summed E-state index contributed by atoms with van der Waals surface area (Å²) in [4.78, 5) is 25.9. The molecule has 0 saturated carbocycles. The highest BCUT2D eigenvalue weighted by Crippen LogP contribution is 2.31. The van der Waals surface area contributed by atoms with E-state index in [9.17, 15) is 18.0 Å². The van der Waals surface area contributed by atoms with Crippen LogP contribution >= 0.6 is 9.24 Å². The highest BCUT2D eigenvalue weighted by atomic mass is 31.0. The standard InChI is InChI=1S/C21H22F3N4O2P/c1-11-18(31)5-4-14-15(16-9-26-13(3)27-12(16)2)8-17(28-19(11)14)20(29)25-6-7-30-10-21(22,23)24/h4-5,8-9H,6-7,10,31H2,1-3H3,(H,25,29). The molecule has 1 N–H and O–H groups in total. The predicted molar refractivity (Wildman–Crippen MR) is 116 cm³/mol. The number of hydrogen-bond donors (Lipinski definition) is 1. The molecule has 1 aromatic carbocycles. The molecule has 0 aliphatic rings. The summed E-state index contributed by atoms with van der Waals surface area (Å²) in [6, 6.07) is 5.53. The van der Waals surface area contributed by atoms with Crippen molar-refractivity contribution >= 4 is 31.4 Å². The number of amides is 1. The second kappa shape index (κ2) is 9.24. The fourth-order valence-electron chi connectivity index (χ4n) is 3.15. The topological polar surface area (TPSA) is 77.0 Å². The number of nitrogens with zero attached hydrogens (tertiary/aromatic N) is 3. The molecule has 0 saturated heterocycles. The van der Waals surface area contributed by atoms with Crippen molar-refractivity contribution in [3.8, 4) is 11.1 Å². The molecule has 1 unspecified atom stereocenters. The number of nitrogens with one attached hydrogen (secondary N) is 1. The van der Waals surface area contributed by atoms with E-state index in [0.29, 0.717) is 11.3 Å². The zero-order valence-corrected chi connectivity index (χ0v) is 18.5. The van der Waals surface area contributed by atoms with Gasteiger partial charge < -0.3 is 10.1 Å². The van der Waals surface area contributed by atoms with Crippen LogP contribution in [-0.2, 0) is 4.74 Å². The van der Waals surface area contributed by atoms with Gasteiger partial charge in [0.05, 0.1) is 12.1 Å². The Bertz CT molecular complexity index is 1140. The number of benzene rings is 1. The van der Waals surface area contributed by atoms with E-state index in [1.807, 2.05) is 26.0 Å². The van der Waals surface area contributed by atoms with Crippen LogP contribution in [0.5, 0.6) is 0 Å². The van der Waals surface area contributed by atoms with Gasteiger partial charge >= 0.3 is 6.18 Å². The van der Waals surface area contributed by atoms with E-state index in [4.69, 9.17) is 0 Å². The molecule has 3 aromatic rings. The molecule has 2 heterocycles. The predicted octanol–water partition coefficient (Wildman–Crippen LogP) is 3.43. The van der Waals surface area contributed by atoms with Crippen LogP contribution in [0.2, 0.25) is 0 Å². The van der Waals surface area contributed by atoms with E-state index >= 15 is 0 Å². The van der Waals surface area contributed by atoms with Gasteiger partial charge in [-0.1, -0.05) is 12.1 Å². The van der Waals surface area contributed by atoms with Gasteiger partial charge in [-0.2, -0.15) is 13.2 Å². The summed E-state index contributed by atoms with van der Waals surface area (Å²) in [6.45, 7) is 3.89. The molecular weight excluding hydrogens is 428 g/mol. The number of halogens is 3. The third kappa shape index (κ3) is 5.54. The molecule has 0 fully saturated rings. The summed E-state index contributed by atoms with van der Waals surface area (Å²) in [6.07, 6.45) is -2.69. The monoisotopic (exact) mass is 450 g/mol. The van der Waals surface area contributed by atoms with E-state index in [0.717, 1.165) is 33.1 Å². The number of fused-ring (bicyclic) bond motifs is 1. The largest absolute Gasteiger partial charge is 0.411 e. The number of aromatic nitrogens is 3. The number of hydrogen-bond acceptors (Lipinski definition) is 5. The molecule has 2 aromatic heterocycles. The van der Waals surface area contributed by atoms with Gasteiger partial charge in [-0.15, -0.1) is 9.24 Å². The Balaban J connectivity index is 1.95. The molecule has 10 heteroatoms. The maximum Gasteiger partial charge on any atom is 0.411 e. The van der Waals surface area contributed by atoms with Gasteiger partial charge in [0, 0.05) is 29.4 Å². The average molecular weight is 450 g/mol. The number of carbonyl (C=O) groups is 1. The van der Waals surface area contributed by atoms with Crippen LogP contribution in [0.4, 0.5) is 13.2 Å². The minimum Gasteiger partial charge on any atom is -0.370 e. The zero-order chi connectivity index (χ0) is 22.8. The van der Waals surface area contributed by atoms with E-state index in [1.165, 1.54) is 0 Å². The number of ether oxygens (including phenoxy) is 1. The summed E-state index contributed by atoms with van der Waals surface area (Å²) in [5.41, 5.74) is 4.00. The number of aryl methyl sites for hydroxylation is 3. The van der Waals surface area contributed by atoms with Crippen LogP contribution in [0, 0.1) is 20.8 Å². The van der Waals surface area contributed by atoms with Crippen molar-refractivity contribution in [1.29, 1.82) is 0 Å². The first-order valence-corrected chi connectivity index (χ1v) is 10.1. The van der Waals surface area contributed by atoms with Gasteiger partial charge in [-0.3, -0.25) is 4.79 Å². The summed E-state index contributed by atoms with van der Waals surface area (Å²) in [5, 5.41) is 4.35. The number of carbonyl (C=O) groups excluding carboxylic acids is 1. The van der Waals surface area contributed by atoms with Crippen molar-refractivity contribution < 1.29 is 22.7 Å². The van der Waals surface area contributed by atoms with Crippen LogP contribution in [0.25, 0.3) is 22.0 Å². The SMILES string of the molecule is Cc1ncc(-c2cc(C(=O)NCCOCC(F)(F)F)nc3c(C)c(P)ccc23)c(C)n1. The fourth-order valence-corrected chi connectivity index (χ4v) is 3.38. The molecular formula is C21H22F3N4O2P. The summed E-state index contributed by atoms with van der Waals surface area (Å²) < 4.78 is 41.0. The lowest BCUT2D eigenvalue weighted by atomic mass is 9.98. The van der Waals surface area contributed by atoms with Crippen molar-refractivity contribution in [2.45, 2.75) is 26.9 Å². The Hall–Kier alpha value is -2.64. The molecule has 164 valence electrons. The highest BCUT2D eigenvalue weighted by Gasteiger charge is 2.27. The Morgan fingerprint density at radius 3 is 2.58 bits per heavy atom. The number of alkyl halides is 3. The van der Waals surface area contributed by atoms with Crippen molar-refractivity contribution in [1.82, 2.24) is 20.3 Å². The van der Waals surface area contributed by atoms with Gasteiger partial charge in [0.2, 0.25) is 0 Å². The zero-order valence-electron chi connectivity index (χ0n) is 17.3. The maximum atomic E-state index is 12.7. The minimum absolute atomic E-state index is 0.0702. The van der Waals surface area contributed by atoms with Gasteiger partial charge in [-0.05, 0) is 43.3 Å².